The molecule has 0 bridgehead atoms. The molecule has 42 heavy (non-hydrogen) atoms. The zero-order valence-corrected chi connectivity index (χ0v) is 23.2. The number of benzene rings is 2. The molecule has 2 aliphatic heterocycles. The highest BCUT2D eigenvalue weighted by atomic mass is 32.1. The van der Waals surface area contributed by atoms with E-state index in [0.717, 1.165) is 0 Å². The van der Waals surface area contributed by atoms with Gasteiger partial charge < -0.3 is 24.2 Å². The molecule has 0 aliphatic carbocycles. The minimum Gasteiger partial charge on any atom is -0.445 e. The lowest BCUT2D eigenvalue weighted by molar-refractivity contribution is -0.385. The van der Waals surface area contributed by atoms with Crippen LogP contribution in [0.3, 0.4) is 0 Å². The van der Waals surface area contributed by atoms with Crippen molar-refractivity contribution in [3.63, 3.8) is 0 Å². The Kier molecular flexibility index (Phi) is 9.90. The Hall–Kier alpha value is -4.73. The number of thiol groups is 1. The number of non-ortho nitro benzene ring substituents is 2. The Labute approximate surface area is 245 Å². The number of likely N-dealkylation sites (tertiary alicyclic amines) is 1. The molecule has 0 aromatic heterocycles. The van der Waals surface area contributed by atoms with E-state index in [1.165, 1.54) is 59.8 Å². The number of aliphatic imine (C=N–C) groups is 1. The largest absolute Gasteiger partial charge is 0.445 e. The molecule has 0 N–H and O–H groups in total. The van der Waals surface area contributed by atoms with Crippen LogP contribution in [0.5, 0.6) is 0 Å². The monoisotopic (exact) mass is 600 g/mol. The van der Waals surface area contributed by atoms with Gasteiger partial charge in [-0.2, -0.15) is 17.6 Å². The third kappa shape index (κ3) is 7.93. The molecule has 4 rings (SSSR count). The van der Waals surface area contributed by atoms with Crippen LogP contribution >= 0.6 is 12.6 Å². The zero-order chi connectivity index (χ0) is 30.2. The normalized spacial score (nSPS) is 18.6. The second-order valence-electron chi connectivity index (χ2n) is 9.62. The number of carbonyl (C=O) groups excluding carboxylic acids is 3. The molecule has 15 nitrogen and oxygen atoms in total. The Bertz CT molecular complexity index is 1350. The first kappa shape index (κ1) is 30.2. The molecule has 0 saturated carbocycles. The molecule has 2 aromatic carbocycles. The second-order valence-corrected chi connectivity index (χ2v) is 10.3. The molecule has 222 valence electrons. The molecule has 16 heteroatoms. The van der Waals surface area contributed by atoms with Gasteiger partial charge in [-0.05, 0) is 41.8 Å². The summed E-state index contributed by atoms with van der Waals surface area (Å²) in [6.45, 7) is 1.37. The Morgan fingerprint density at radius 3 is 1.88 bits per heavy atom. The average molecular weight is 601 g/mol. The topological polar surface area (TPSA) is 178 Å². The van der Waals surface area contributed by atoms with Crippen LogP contribution in [0.2, 0.25) is 0 Å². The minimum atomic E-state index is -0.872. The van der Waals surface area contributed by atoms with E-state index < -0.39 is 28.1 Å². The molecule has 2 saturated heterocycles. The molecule has 2 atom stereocenters. The van der Waals surface area contributed by atoms with Crippen molar-refractivity contribution in [1.82, 2.24) is 14.7 Å². The van der Waals surface area contributed by atoms with Gasteiger partial charge in [-0.1, -0.05) is 0 Å². The van der Waals surface area contributed by atoms with Gasteiger partial charge >= 0.3 is 12.2 Å². The quantitative estimate of drug-likeness (QED) is 0.156. The van der Waals surface area contributed by atoms with Crippen LogP contribution in [0.15, 0.2) is 53.5 Å². The number of hydrogen-bond donors (Lipinski definition) is 1. The fourth-order valence-corrected chi connectivity index (χ4v) is 4.88. The standard InChI is InChI=1S/C26H28N6O9S/c33-24(28-9-11-29(12-10-28)26(35)41-16-19-3-7-21(8-4-19)32(38)39)23-13-22(42)14-30(23)17-27-25(34)40-15-18-1-5-20(6-2-18)31(36)37/h1-8,17,22-23,42H,9-16H2/t22-,23-/m0/s1. The highest BCUT2D eigenvalue weighted by molar-refractivity contribution is 7.81. The third-order valence-electron chi connectivity index (χ3n) is 6.78. The van der Waals surface area contributed by atoms with Crippen molar-refractivity contribution in [3.05, 3.63) is 79.9 Å². The minimum absolute atomic E-state index is 0.0357. The predicted molar refractivity (Wildman–Crippen MR) is 151 cm³/mol. The molecule has 0 radical (unpaired) electrons. The number of ether oxygens (including phenoxy) is 2. The first-order chi connectivity index (χ1) is 20.1. The SMILES string of the molecule is O=C(N=CN1C[C@@H](S)C[C@H]1C(=O)N1CCN(C(=O)OCc2ccc([N+](=O)[O-])cc2)CC1)OCc1ccc([N+](=O)[O-])cc1. The van der Waals surface area contributed by atoms with E-state index in [0.29, 0.717) is 37.2 Å². The summed E-state index contributed by atoms with van der Waals surface area (Å²) in [6.07, 6.45) is 0.298. The first-order valence-corrected chi connectivity index (χ1v) is 13.4. The average Bonchev–Trinajstić information content (AvgIpc) is 3.38. The molecule has 2 aromatic rings. The van der Waals surface area contributed by atoms with Gasteiger partial charge in [0, 0.05) is 62.2 Å². The summed E-state index contributed by atoms with van der Waals surface area (Å²) in [5.41, 5.74) is 1.04. The Morgan fingerprint density at radius 2 is 1.36 bits per heavy atom. The van der Waals surface area contributed by atoms with Gasteiger partial charge in [-0.15, -0.1) is 0 Å². The van der Waals surface area contributed by atoms with Gasteiger partial charge in [-0.3, -0.25) is 25.0 Å². The number of nitro groups is 2. The lowest BCUT2D eigenvalue weighted by Crippen LogP contribution is -2.54. The van der Waals surface area contributed by atoms with Crippen molar-refractivity contribution in [1.29, 1.82) is 0 Å². The number of nitro benzene ring substituents is 2. The van der Waals surface area contributed by atoms with Crippen LogP contribution in [0.4, 0.5) is 21.0 Å². The van der Waals surface area contributed by atoms with Crippen LogP contribution in [0.25, 0.3) is 0 Å². The van der Waals surface area contributed by atoms with Gasteiger partial charge in [0.15, 0.2) is 0 Å². The van der Waals surface area contributed by atoms with Gasteiger partial charge in [0.2, 0.25) is 5.91 Å². The van der Waals surface area contributed by atoms with Crippen molar-refractivity contribution >= 4 is 48.4 Å². The van der Waals surface area contributed by atoms with Gasteiger partial charge in [-0.25, -0.2) is 9.59 Å². The maximum Gasteiger partial charge on any atom is 0.435 e. The van der Waals surface area contributed by atoms with Crippen LogP contribution in [0, 0.1) is 20.2 Å². The van der Waals surface area contributed by atoms with E-state index in [9.17, 15) is 34.6 Å². The highest BCUT2D eigenvalue weighted by Crippen LogP contribution is 2.23. The number of amides is 3. The van der Waals surface area contributed by atoms with Crippen LogP contribution in [0.1, 0.15) is 17.5 Å². The molecule has 3 amide bonds. The van der Waals surface area contributed by atoms with Crippen LogP contribution in [-0.4, -0.2) is 93.0 Å². The molecule has 0 unspecified atom stereocenters. The number of carbonyl (C=O) groups is 3. The number of nitrogens with zero attached hydrogens (tertiary/aromatic N) is 6. The summed E-state index contributed by atoms with van der Waals surface area (Å²) in [7, 11) is 0. The van der Waals surface area contributed by atoms with E-state index >= 15 is 0 Å². The first-order valence-electron chi connectivity index (χ1n) is 12.9. The smallest absolute Gasteiger partial charge is 0.435 e. The van der Waals surface area contributed by atoms with Crippen LogP contribution in [-0.2, 0) is 27.5 Å². The maximum absolute atomic E-state index is 13.3. The Morgan fingerprint density at radius 1 is 0.857 bits per heavy atom. The summed E-state index contributed by atoms with van der Waals surface area (Å²) in [4.78, 5) is 67.0. The summed E-state index contributed by atoms with van der Waals surface area (Å²) in [5, 5.41) is 21.4. The van der Waals surface area contributed by atoms with Crippen LogP contribution < -0.4 is 0 Å². The number of hydrogen-bond acceptors (Lipinski definition) is 10. The summed E-state index contributed by atoms with van der Waals surface area (Å²) < 4.78 is 10.4. The predicted octanol–water partition coefficient (Wildman–Crippen LogP) is 3.02. The van der Waals surface area contributed by atoms with E-state index in [4.69, 9.17) is 9.47 Å². The fourth-order valence-electron chi connectivity index (χ4n) is 4.50. The number of rotatable bonds is 8. The third-order valence-corrected chi connectivity index (χ3v) is 7.16. The van der Waals surface area contributed by atoms with Crippen molar-refractivity contribution in [2.75, 3.05) is 32.7 Å². The Balaban J connectivity index is 1.23. The summed E-state index contributed by atoms with van der Waals surface area (Å²) in [6, 6.07) is 10.7. The molecule has 2 heterocycles. The fraction of sp³-hybridized carbons (Fsp3) is 0.385. The molecular weight excluding hydrogens is 572 g/mol. The summed E-state index contributed by atoms with van der Waals surface area (Å²) in [5.74, 6) is -0.170. The second kappa shape index (κ2) is 13.8. The van der Waals surface area contributed by atoms with Gasteiger partial charge in [0.1, 0.15) is 19.3 Å². The molecular formula is C26H28N6O9S. The van der Waals surface area contributed by atoms with Gasteiger partial charge in [0.25, 0.3) is 11.4 Å². The van der Waals surface area contributed by atoms with E-state index in [1.54, 1.807) is 9.80 Å². The van der Waals surface area contributed by atoms with E-state index in [1.807, 2.05) is 0 Å². The molecule has 0 spiro atoms. The van der Waals surface area contributed by atoms with Crippen molar-refractivity contribution < 1.29 is 33.7 Å². The van der Waals surface area contributed by atoms with Crippen molar-refractivity contribution in [2.45, 2.75) is 30.9 Å². The van der Waals surface area contributed by atoms with Crippen molar-refractivity contribution in [2.24, 2.45) is 4.99 Å². The molecule has 2 fully saturated rings. The zero-order valence-electron chi connectivity index (χ0n) is 22.3. The van der Waals surface area contributed by atoms with E-state index in [-0.39, 0.29) is 48.8 Å². The van der Waals surface area contributed by atoms with Crippen molar-refractivity contribution in [3.8, 4) is 0 Å². The molecule has 2 aliphatic rings. The number of piperazine rings is 1. The maximum atomic E-state index is 13.3. The van der Waals surface area contributed by atoms with Gasteiger partial charge in [0.05, 0.1) is 16.2 Å². The summed E-state index contributed by atoms with van der Waals surface area (Å²) >= 11 is 4.49. The lowest BCUT2D eigenvalue weighted by Gasteiger charge is -2.36. The lowest BCUT2D eigenvalue weighted by atomic mass is 10.1. The highest BCUT2D eigenvalue weighted by Gasteiger charge is 2.38. The van der Waals surface area contributed by atoms with E-state index in [2.05, 4.69) is 17.6 Å².